The second-order valence-corrected chi connectivity index (χ2v) is 56.3. The number of hydrogen-bond donors (Lipinski definition) is 4. The van der Waals surface area contributed by atoms with E-state index in [9.17, 15) is 25.1 Å². The SMILES string of the molecule is CC1(C)COC2(C[C@H]3CC(O)C[C@H]3C2)OC1.CC1(C)COC2(C[C@H]3CC(OCC4CC4)C[C@H]3C2)OC1.CC1(N)C[C@H]2CC(OCC3CC3)C[C@H]2C1.CC1(N)C[C@H]2CC(OCC3CC3)C[C@H]2C1.CC1(N=[N+]=[N-])C[C@H]2CC(OCC3CC3)C[C@H]2C1.CC1(O)C[C@H]2CC(OCC3CC3)C[C@H]2C1.C[C@H]1C[C@@H](C#N)N(C(=O)CCC2(C)C[C@H]3CC(OCC4CC4)C[C@H]3C2)C1.O=C1C[C@@H]2CC(OCC3CC3)C[C@@H]2C1. The van der Waals surface area contributed by atoms with E-state index >= 15 is 0 Å². The number of Topliss-reactive ketones (excluding diaryl/α,β-unsaturated/α-hetero) is 1. The number of aliphatic hydroxyl groups is 2. The second kappa shape index (κ2) is 43.5. The zero-order valence-corrected chi connectivity index (χ0v) is 87.8. The van der Waals surface area contributed by atoms with Crippen LogP contribution >= 0.6 is 0 Å². The van der Waals surface area contributed by atoms with Gasteiger partial charge in [-0.25, -0.2) is 0 Å². The molecule has 780 valence electrons. The van der Waals surface area contributed by atoms with Crippen LogP contribution in [0.5, 0.6) is 0 Å². The smallest absolute Gasteiger partial charge is 0.223 e. The molecule has 13 unspecified atom stereocenters. The van der Waals surface area contributed by atoms with Crippen LogP contribution in [0.15, 0.2) is 5.11 Å². The lowest BCUT2D eigenvalue weighted by atomic mass is 9.81. The maximum atomic E-state index is 12.7. The minimum absolute atomic E-state index is 0.0765. The molecular weight excluding hydrogens is 1730 g/mol. The highest BCUT2D eigenvalue weighted by molar-refractivity contribution is 5.81. The van der Waals surface area contributed by atoms with Gasteiger partial charge in [-0.15, -0.1) is 0 Å². The molecule has 0 aromatic rings. The van der Waals surface area contributed by atoms with Gasteiger partial charge in [-0.3, -0.25) is 9.59 Å². The Morgan fingerprint density at radius 1 is 0.406 bits per heavy atom. The molecule has 0 bridgehead atoms. The van der Waals surface area contributed by atoms with Gasteiger partial charge in [0.25, 0.3) is 0 Å². The highest BCUT2D eigenvalue weighted by atomic mass is 16.7. The highest BCUT2D eigenvalue weighted by Gasteiger charge is 2.58. The van der Waals surface area contributed by atoms with Gasteiger partial charge < -0.3 is 78.7 Å². The third-order valence-electron chi connectivity index (χ3n) is 39.9. The molecule has 3 heterocycles. The summed E-state index contributed by atoms with van der Waals surface area (Å²) >= 11 is 0. The van der Waals surface area contributed by atoms with E-state index < -0.39 is 0 Å². The second-order valence-electron chi connectivity index (χ2n) is 56.3. The van der Waals surface area contributed by atoms with Gasteiger partial charge in [0, 0.05) is 130 Å². The Morgan fingerprint density at radius 3 is 0.949 bits per heavy atom. The maximum absolute atomic E-state index is 12.7. The summed E-state index contributed by atoms with van der Waals surface area (Å²) in [5, 5.41) is 32.9. The minimum Gasteiger partial charge on any atom is -0.393 e. The predicted octanol–water partition coefficient (Wildman–Crippen LogP) is 22.3. The number of fused-ring (bicyclic) bond motifs is 8. The van der Waals surface area contributed by atoms with Crippen molar-refractivity contribution in [2.75, 3.05) is 79.2 Å². The van der Waals surface area contributed by atoms with E-state index in [4.69, 9.17) is 69.1 Å². The van der Waals surface area contributed by atoms with Gasteiger partial charge in [-0.05, 0) is 443 Å². The highest BCUT2D eigenvalue weighted by Crippen LogP contribution is 2.60. The molecule has 3 aliphatic heterocycles. The molecule has 22 heteroatoms. The molecule has 6 N–H and O–H groups in total. The average molecular weight is 1920 g/mol. The van der Waals surface area contributed by atoms with E-state index in [1.807, 2.05) is 11.8 Å². The van der Waals surface area contributed by atoms with E-state index in [1.165, 1.54) is 205 Å². The van der Waals surface area contributed by atoms with E-state index in [1.54, 1.807) is 0 Å². The first-order valence-corrected chi connectivity index (χ1v) is 58.0. The van der Waals surface area contributed by atoms with Crippen LogP contribution < -0.4 is 11.5 Å². The van der Waals surface area contributed by atoms with Crippen LogP contribution in [0.25, 0.3) is 10.4 Å². The van der Waals surface area contributed by atoms with Crippen LogP contribution in [0, 0.1) is 170 Å². The summed E-state index contributed by atoms with van der Waals surface area (Å²) in [6.45, 7) is 32.9. The zero-order valence-electron chi connectivity index (χ0n) is 87.8. The van der Waals surface area contributed by atoms with Crippen molar-refractivity contribution in [3.63, 3.8) is 0 Å². The van der Waals surface area contributed by atoms with Crippen LogP contribution in [0.1, 0.15) is 384 Å². The summed E-state index contributed by atoms with van der Waals surface area (Å²) in [5.74, 6) is 18.9. The zero-order chi connectivity index (χ0) is 96.3. The number of aliphatic hydroxyl groups excluding tert-OH is 1. The molecule has 1 amide bonds. The van der Waals surface area contributed by atoms with Gasteiger partial charge in [-0.2, -0.15) is 5.26 Å². The van der Waals surface area contributed by atoms with Crippen LogP contribution in [0.4, 0.5) is 0 Å². The minimum atomic E-state index is -0.378. The first-order chi connectivity index (χ1) is 65.8. The quantitative estimate of drug-likeness (QED) is 0.0375. The number of nitriles is 1. The lowest BCUT2D eigenvalue weighted by Gasteiger charge is -2.42. The van der Waals surface area contributed by atoms with Crippen LogP contribution in [0.2, 0.25) is 0 Å². The summed E-state index contributed by atoms with van der Waals surface area (Å²) in [6, 6.07) is 2.12. The molecule has 0 aromatic carbocycles. The molecule has 26 fully saturated rings. The molecule has 3 saturated heterocycles. The molecule has 26 rings (SSSR count). The Balaban J connectivity index is 0.000000102. The van der Waals surface area contributed by atoms with Crippen LogP contribution in [-0.4, -0.2) is 195 Å². The Labute approximate surface area is 832 Å². The number of carbonyl (C=O) groups excluding carboxylic acids is 2. The molecule has 0 radical (unpaired) electrons. The van der Waals surface area contributed by atoms with E-state index in [0.717, 1.165) is 294 Å². The van der Waals surface area contributed by atoms with Gasteiger partial charge in [0.05, 0.1) is 86.9 Å². The first-order valence-electron chi connectivity index (χ1n) is 58.0. The molecule has 31 atom stereocenters. The van der Waals surface area contributed by atoms with Gasteiger partial charge >= 0.3 is 0 Å². The summed E-state index contributed by atoms with van der Waals surface area (Å²) in [6.07, 6.45) is 61.8. The standard InChI is InChI=1S/C22H34N2O2.C17H28O3.C13H21N3O.2C13H23NO.C13H22O3.C13H22O2.C12H18O2/c1-15-7-19(12-23)24(13-15)21(25)5-6-22(2)10-17-8-20(9-18(17)11-22)26-14-16-3-4-16;1-16(2)10-19-17(20-11-16)7-13-5-15(6-14(13)8-17)18-9-12-3-4-12;1-13(15-16-14)6-10-4-12(5-11(10)7-13)17-8-9-2-3-9;2*1-13(14)6-10-4-12(5-11(10)7-13)15-8-9-2-3-9;1-12(2)7-15-13(16-8-12)5-9-3-11(14)4-10(9)6-13;1-13(14)6-10-4-12(5-11(10)7-13)15-8-9-2-3-9;13-11-3-9-5-12(6-10(9)4-11)14-7-8-1-2-8/h15-20H,3-11,13-14H2,1-2H3;12-15H,3-11H2,1-2H3;9-12H,2-8H2,1H3;2*9-12H,2-8,14H2,1H3;9-11,14H,3-8H2,1-2H3;9-12,14H,2-8H2,1H3;8-10,12H,1-7H2/t15-,17-,18+,19-,20?,22?;13-,14+,15?;3*10-,11+,12?,13?;9-,10+,11?;10-,11+,12?,13?;9-,10+,12?/m0......./s1. The van der Waals surface area contributed by atoms with Crippen LogP contribution in [-0.2, 0) is 61.7 Å². The number of rotatable bonds is 25. The fraction of sp³-hybridized carbons (Fsp3) is 0.974. The topological polar surface area (TPSA) is 304 Å². The number of likely N-dealkylation sites (tertiary alicyclic amines) is 1. The summed E-state index contributed by atoms with van der Waals surface area (Å²) < 4.78 is 66.4. The lowest BCUT2D eigenvalue weighted by Crippen LogP contribution is -2.46. The molecule has 2 spiro atoms. The molecule has 138 heavy (non-hydrogen) atoms. The Bertz CT molecular complexity index is 3810. The lowest BCUT2D eigenvalue weighted by molar-refractivity contribution is -0.298. The average Bonchev–Trinajstić information content (AvgIpc) is 1.62. The molecule has 26 aliphatic rings. The molecule has 0 aromatic heterocycles. The third-order valence-corrected chi connectivity index (χ3v) is 39.9. The molecule has 23 aliphatic carbocycles. The molecule has 22 nitrogen and oxygen atoms in total. The third kappa shape index (κ3) is 29.1. The van der Waals surface area contributed by atoms with Crippen molar-refractivity contribution in [1.82, 2.24) is 4.90 Å². The number of nitrogens with zero attached hydrogens (tertiary/aromatic N) is 5. The summed E-state index contributed by atoms with van der Waals surface area (Å²) in [4.78, 5) is 28.7. The monoisotopic (exact) mass is 1920 g/mol. The Hall–Kier alpha value is -2.66. The Kier molecular flexibility index (Phi) is 32.7. The molecular formula is C116H191N7O15. The number of carbonyl (C=O) groups is 2. The first kappa shape index (κ1) is 104. The van der Waals surface area contributed by atoms with Gasteiger partial charge in [0.15, 0.2) is 11.6 Å². The molecule has 23 saturated carbocycles. The van der Waals surface area contributed by atoms with Crippen LogP contribution in [0.3, 0.4) is 0 Å². The fourth-order valence-corrected chi connectivity index (χ4v) is 31.2. The normalized spacial score (nSPS) is 45.1. The fourth-order valence-electron chi connectivity index (χ4n) is 31.2. The summed E-state index contributed by atoms with van der Waals surface area (Å²) in [7, 11) is 0. The largest absolute Gasteiger partial charge is 0.393 e. The van der Waals surface area contributed by atoms with Crippen molar-refractivity contribution in [1.29, 1.82) is 5.26 Å². The number of hydrogen-bond acceptors (Lipinski definition) is 19. The van der Waals surface area contributed by atoms with E-state index in [0.29, 0.717) is 89.9 Å². The van der Waals surface area contributed by atoms with Crippen molar-refractivity contribution in [2.24, 2.45) is 175 Å². The summed E-state index contributed by atoms with van der Waals surface area (Å²) in [5.41, 5.74) is 21.4. The van der Waals surface area contributed by atoms with Crippen molar-refractivity contribution in [3.05, 3.63) is 10.4 Å². The van der Waals surface area contributed by atoms with Gasteiger partial charge in [-0.1, -0.05) is 53.6 Å². The number of nitrogens with two attached hydrogens (primary N) is 2. The van der Waals surface area contributed by atoms with E-state index in [-0.39, 0.29) is 62.7 Å². The maximum Gasteiger partial charge on any atom is 0.223 e. The van der Waals surface area contributed by atoms with Crippen molar-refractivity contribution in [2.45, 2.75) is 473 Å². The number of amides is 1. The number of ketones is 1. The number of azide groups is 1. The van der Waals surface area contributed by atoms with Gasteiger partial charge in [0.2, 0.25) is 5.91 Å². The van der Waals surface area contributed by atoms with Crippen molar-refractivity contribution < 1.29 is 71.9 Å². The Morgan fingerprint density at radius 2 is 0.667 bits per heavy atom. The predicted molar refractivity (Wildman–Crippen MR) is 534 cm³/mol. The van der Waals surface area contributed by atoms with Gasteiger partial charge in [0.1, 0.15) is 11.8 Å². The van der Waals surface area contributed by atoms with Crippen molar-refractivity contribution >= 4 is 11.7 Å². The van der Waals surface area contributed by atoms with Crippen molar-refractivity contribution in [3.8, 4) is 6.07 Å². The van der Waals surface area contributed by atoms with E-state index in [2.05, 4.69) is 78.4 Å². The number of ether oxygens (including phenoxy) is 11.